The molecule has 0 aliphatic carbocycles. The molecule has 4 atom stereocenters. The summed E-state index contributed by atoms with van der Waals surface area (Å²) in [6.07, 6.45) is -1.22. The Bertz CT molecular complexity index is 2480. The highest BCUT2D eigenvalue weighted by Crippen LogP contribution is 2.44. The number of carbonyl (C=O) groups is 2. The molecule has 0 radical (unpaired) electrons. The van der Waals surface area contributed by atoms with Crippen molar-refractivity contribution in [1.29, 1.82) is 0 Å². The minimum absolute atomic E-state index is 0.0789. The van der Waals surface area contributed by atoms with Crippen LogP contribution in [0.3, 0.4) is 0 Å². The van der Waals surface area contributed by atoms with Gasteiger partial charge in [0.25, 0.3) is 0 Å². The van der Waals surface area contributed by atoms with Crippen LogP contribution >= 0.6 is 0 Å². The molecule has 0 amide bonds. The van der Waals surface area contributed by atoms with Gasteiger partial charge in [-0.1, -0.05) is 104 Å². The van der Waals surface area contributed by atoms with Crippen LogP contribution in [0.1, 0.15) is 64.6 Å². The van der Waals surface area contributed by atoms with Crippen LogP contribution in [0.5, 0.6) is 28.7 Å². The molecule has 6 rings (SSSR count). The van der Waals surface area contributed by atoms with Crippen molar-refractivity contribution in [3.05, 3.63) is 209 Å². The van der Waals surface area contributed by atoms with Gasteiger partial charge in [0.15, 0.2) is 0 Å². The molecule has 10 nitrogen and oxygen atoms in total. The van der Waals surface area contributed by atoms with Crippen LogP contribution in [-0.2, 0) is 25.5 Å². The van der Waals surface area contributed by atoms with Crippen LogP contribution in [0.25, 0.3) is 0 Å². The first-order chi connectivity index (χ1) is 31.3. The molecule has 2 N–H and O–H groups in total. The van der Waals surface area contributed by atoms with Crippen molar-refractivity contribution in [3.8, 4) is 28.7 Å². The molecule has 0 saturated carbocycles. The molecule has 0 saturated heterocycles. The van der Waals surface area contributed by atoms with E-state index in [1.165, 1.54) is 16.7 Å². The van der Waals surface area contributed by atoms with Gasteiger partial charge >= 0.3 is 11.9 Å². The molecule has 6 aromatic rings. The van der Waals surface area contributed by atoms with Gasteiger partial charge < -0.3 is 38.6 Å². The zero-order valence-corrected chi connectivity index (χ0v) is 37.3. The maximum Gasteiger partial charge on any atom is 0.333 e. The molecule has 0 aliphatic heterocycles. The number of benzene rings is 6. The molecule has 4 unspecified atom stereocenters. The van der Waals surface area contributed by atoms with Crippen LogP contribution in [0.2, 0.25) is 0 Å². The number of ether oxygens (including phenoxy) is 6. The Hall–Kier alpha value is -7.14. The van der Waals surface area contributed by atoms with Gasteiger partial charge in [0.05, 0.1) is 7.11 Å². The molecule has 0 spiro atoms. The van der Waals surface area contributed by atoms with Crippen LogP contribution in [0, 0.1) is 6.92 Å². The number of rotatable bonds is 22. The lowest BCUT2D eigenvalue weighted by atomic mass is 9.73. The second-order valence-corrected chi connectivity index (χ2v) is 16.0. The number of hydrogen-bond acceptors (Lipinski definition) is 10. The van der Waals surface area contributed by atoms with Gasteiger partial charge in [-0.3, -0.25) is 0 Å². The molecule has 0 heterocycles. The number of carbonyl (C=O) groups excluding carboxylic acids is 2. The number of aliphatic hydroxyl groups is 2. The highest BCUT2D eigenvalue weighted by molar-refractivity contribution is 5.87. The van der Waals surface area contributed by atoms with Crippen molar-refractivity contribution in [2.75, 3.05) is 33.5 Å². The quantitative estimate of drug-likeness (QED) is 0.0502. The Kier molecular flexibility index (Phi) is 16.7. The van der Waals surface area contributed by atoms with Crippen LogP contribution in [0.15, 0.2) is 170 Å². The SMILES string of the molecule is C=C(C)C(=O)OCC(O)COc1ccc(C(c2ccc(OC)cc2)C(c2ccc(OCC(O)COC(=O)C(=C)C)cc2)c2ccc(Oc3ccc(Cc4ccc(C)cc4)cc3)cc2)cc1. The summed E-state index contributed by atoms with van der Waals surface area (Å²) >= 11 is 0. The zero-order valence-electron chi connectivity index (χ0n) is 37.3. The maximum absolute atomic E-state index is 11.8. The summed E-state index contributed by atoms with van der Waals surface area (Å²) in [5.41, 5.74) is 8.19. The van der Waals surface area contributed by atoms with Crippen LogP contribution in [0.4, 0.5) is 0 Å². The number of esters is 2. The fourth-order valence-corrected chi connectivity index (χ4v) is 7.08. The third kappa shape index (κ3) is 13.9. The van der Waals surface area contributed by atoms with Gasteiger partial charge in [-0.2, -0.15) is 0 Å². The topological polar surface area (TPSA) is 130 Å². The third-order valence-electron chi connectivity index (χ3n) is 10.6. The molecule has 6 aromatic carbocycles. The van der Waals surface area contributed by atoms with E-state index in [1.807, 2.05) is 84.9 Å². The first-order valence-corrected chi connectivity index (χ1v) is 21.4. The monoisotopic (exact) mass is 876 g/mol. The largest absolute Gasteiger partial charge is 0.497 e. The van der Waals surface area contributed by atoms with Gasteiger partial charge in [0.2, 0.25) is 0 Å². The molecular weight excluding hydrogens is 821 g/mol. The van der Waals surface area contributed by atoms with E-state index in [2.05, 4.69) is 80.7 Å². The summed E-state index contributed by atoms with van der Waals surface area (Å²) in [5.74, 6) is 1.59. The van der Waals surface area contributed by atoms with E-state index in [0.717, 1.165) is 40.2 Å². The minimum Gasteiger partial charge on any atom is -0.497 e. The molecule has 10 heteroatoms. The normalized spacial score (nSPS) is 12.8. The summed E-state index contributed by atoms with van der Waals surface area (Å²) in [7, 11) is 1.64. The van der Waals surface area contributed by atoms with Crippen molar-refractivity contribution >= 4 is 11.9 Å². The van der Waals surface area contributed by atoms with Gasteiger partial charge in [0, 0.05) is 23.0 Å². The minimum atomic E-state index is -1.03. The smallest absolute Gasteiger partial charge is 0.333 e. The van der Waals surface area contributed by atoms with Gasteiger partial charge in [-0.05, 0) is 121 Å². The number of methoxy groups -OCH3 is 1. The highest BCUT2D eigenvalue weighted by atomic mass is 16.6. The standard InChI is InChI=1S/C55H56O10/c1-36(2)54(58)63-34-45(56)32-61-48-25-15-42(16-26-48)52(41-13-23-47(60-6)24-14-41)53(43-17-27-49(28-18-43)62-33-46(57)35-64-55(59)37(3)4)44-19-29-51(30-20-44)65-50-21-11-40(12-22-50)31-39-9-7-38(5)8-10-39/h7-30,45-46,52-53,56-57H,1,3,31-35H2,2,4-6H3. The lowest BCUT2D eigenvalue weighted by molar-refractivity contribution is -0.143. The summed E-state index contributed by atoms with van der Waals surface area (Å²) in [6, 6.07) is 48.3. The highest BCUT2D eigenvalue weighted by Gasteiger charge is 2.29. The first-order valence-electron chi connectivity index (χ1n) is 21.4. The Balaban J connectivity index is 1.27. The van der Waals surface area contributed by atoms with E-state index in [9.17, 15) is 19.8 Å². The van der Waals surface area contributed by atoms with Crippen LogP contribution in [-0.4, -0.2) is 67.9 Å². The predicted octanol–water partition coefficient (Wildman–Crippen LogP) is 10.1. The molecular formula is C55H56O10. The van der Waals surface area contributed by atoms with E-state index in [-0.39, 0.29) is 49.4 Å². The third-order valence-corrected chi connectivity index (χ3v) is 10.6. The summed E-state index contributed by atoms with van der Waals surface area (Å²) in [4.78, 5) is 23.6. The van der Waals surface area contributed by atoms with E-state index >= 15 is 0 Å². The van der Waals surface area contributed by atoms with E-state index in [0.29, 0.717) is 17.2 Å². The lowest BCUT2D eigenvalue weighted by Gasteiger charge is -2.30. The Morgan fingerprint density at radius 2 is 0.800 bits per heavy atom. The Morgan fingerprint density at radius 1 is 0.477 bits per heavy atom. The van der Waals surface area contributed by atoms with Crippen molar-refractivity contribution in [2.24, 2.45) is 0 Å². The number of hydrogen-bond donors (Lipinski definition) is 2. The van der Waals surface area contributed by atoms with Crippen molar-refractivity contribution in [3.63, 3.8) is 0 Å². The fourth-order valence-electron chi connectivity index (χ4n) is 7.08. The summed E-state index contributed by atoms with van der Waals surface area (Å²) in [6.45, 7) is 11.7. The van der Waals surface area contributed by atoms with E-state index < -0.39 is 24.1 Å². The van der Waals surface area contributed by atoms with Crippen molar-refractivity contribution in [1.82, 2.24) is 0 Å². The average Bonchev–Trinajstić information content (AvgIpc) is 3.32. The van der Waals surface area contributed by atoms with E-state index in [1.54, 1.807) is 21.0 Å². The number of aryl methyl sites for hydroxylation is 1. The lowest BCUT2D eigenvalue weighted by Crippen LogP contribution is -2.25. The van der Waals surface area contributed by atoms with Crippen molar-refractivity contribution < 1.29 is 48.2 Å². The zero-order chi connectivity index (χ0) is 46.3. The molecule has 0 aliphatic rings. The molecule has 0 aromatic heterocycles. The van der Waals surface area contributed by atoms with Gasteiger partial charge in [-0.25, -0.2) is 9.59 Å². The average molecular weight is 877 g/mol. The predicted molar refractivity (Wildman–Crippen MR) is 251 cm³/mol. The summed E-state index contributed by atoms with van der Waals surface area (Å²) < 4.78 is 33.8. The maximum atomic E-state index is 11.8. The molecule has 336 valence electrons. The molecule has 65 heavy (non-hydrogen) atoms. The second kappa shape index (κ2) is 23.0. The Morgan fingerprint density at radius 3 is 1.15 bits per heavy atom. The molecule has 0 bridgehead atoms. The first kappa shape index (κ1) is 47.3. The summed E-state index contributed by atoms with van der Waals surface area (Å²) in [5, 5.41) is 20.9. The van der Waals surface area contributed by atoms with Gasteiger partial charge in [0.1, 0.15) is 67.4 Å². The molecule has 0 fully saturated rings. The van der Waals surface area contributed by atoms with Gasteiger partial charge in [-0.15, -0.1) is 0 Å². The van der Waals surface area contributed by atoms with Crippen molar-refractivity contribution in [2.45, 2.75) is 51.2 Å². The van der Waals surface area contributed by atoms with E-state index in [4.69, 9.17) is 28.4 Å². The fraction of sp³-hybridized carbons (Fsp3) is 0.236. The van der Waals surface area contributed by atoms with Crippen LogP contribution < -0.4 is 18.9 Å². The second-order valence-electron chi connectivity index (χ2n) is 16.0. The Labute approximate surface area is 381 Å². The number of aliphatic hydroxyl groups excluding tert-OH is 2.